The van der Waals surface area contributed by atoms with Crippen molar-refractivity contribution in [2.45, 2.75) is 50.1 Å². The summed E-state index contributed by atoms with van der Waals surface area (Å²) in [4.78, 5) is 37.6. The molecule has 4 heterocycles. The molecule has 15 aromatic rings. The number of rotatable bonds is 23. The minimum atomic E-state index is -5.12. The van der Waals surface area contributed by atoms with Gasteiger partial charge < -0.3 is 41.5 Å². The van der Waals surface area contributed by atoms with Crippen molar-refractivity contribution in [2.75, 3.05) is 65.4 Å². The topological polar surface area (TPSA) is 632 Å². The lowest BCUT2D eigenvalue weighted by atomic mass is 10.0. The van der Waals surface area contributed by atoms with Crippen LogP contribution in [0.5, 0.6) is 17.2 Å². The van der Waals surface area contributed by atoms with Crippen molar-refractivity contribution in [1.82, 2.24) is 49.8 Å². The summed E-state index contributed by atoms with van der Waals surface area (Å²) >= 11 is 24.5. The molecule has 0 aliphatic carbocycles. The van der Waals surface area contributed by atoms with Gasteiger partial charge in [0.05, 0.1) is 26.9 Å². The highest BCUT2D eigenvalue weighted by atomic mass is 35.5. The quantitative estimate of drug-likeness (QED) is 0.0209. The van der Waals surface area contributed by atoms with Crippen molar-refractivity contribution in [1.29, 1.82) is 0 Å². The molecule has 0 saturated carbocycles. The van der Waals surface area contributed by atoms with E-state index in [-0.39, 0.29) is 151 Å². The molecule has 52 heteroatoms. The van der Waals surface area contributed by atoms with Crippen molar-refractivity contribution < 1.29 is 93.1 Å². The number of phenolic OH excluding ortho intramolecular Hbond substituents is 3. The summed E-state index contributed by atoms with van der Waals surface area (Å²) < 4.78 is 210. The molecule has 12 aromatic carbocycles. The number of hydrogen-bond acceptors (Lipinski definition) is 36. The number of piperazine rings is 1. The smallest absolute Gasteiger partial charge is 0.297 e. The van der Waals surface area contributed by atoms with Gasteiger partial charge in [0, 0.05) is 71.6 Å². The molecule has 1 aliphatic heterocycles. The van der Waals surface area contributed by atoms with Gasteiger partial charge in [-0.3, -0.25) is 32.2 Å². The number of benzene rings is 12. The standard InChI is InChI=1S/C54H45Cl2N15O14S4.C24H16Cl2N6O7S2/c1-27-21-31-25-40(87(77,78)79)44(69-67-37-14-12-30-8-4-6-10-35(30)48(37)89(83,84)85)46(73)41(31)38(22-27)58-52-61-49(55)60-51(64-52)57-15-16-70-17-19-71(20-18-70)54-63-50(56)62-53(65-54)59-39-26-33(86(74,75)76)24-32-23-28(2)43(45(72)42(32)39)68-66-36-13-11-29-7-3-5-9-34(29)47(36)88(80,81)82;1-11-8-13-9-14(40(34,35)36)10-17(27-24-29-22(25)28-23(26)30-24)18(13)20(33)19(11)32-31-16-7-6-12-4-2-3-5-15(12)21(16)41(37,38)39/h3-14,21-26,72-73H,15-20H2,1-2H3,(H,74,75,76)(H,77,78,79)(H,80,81,82)(H,83,84,85)(H,59,62,63,65)(H2,57,58,60,61,64);2-10,33H,1H3,(H,34,35,36)(H,37,38,39)(H,27,28,29,30). The van der Waals surface area contributed by atoms with Crippen molar-refractivity contribution in [3.8, 4) is 17.2 Å². The first-order valence-corrected chi connectivity index (χ1v) is 47.4. The third kappa shape index (κ3) is 19.9. The van der Waals surface area contributed by atoms with E-state index in [0.29, 0.717) is 60.0 Å². The summed E-state index contributed by atoms with van der Waals surface area (Å²) in [7, 11) is -29.2. The van der Waals surface area contributed by atoms with Crippen molar-refractivity contribution >= 4 is 253 Å². The van der Waals surface area contributed by atoms with Crippen LogP contribution in [0.2, 0.25) is 21.1 Å². The van der Waals surface area contributed by atoms with E-state index < -0.39 is 119 Å². The van der Waals surface area contributed by atoms with E-state index in [9.17, 15) is 93.1 Å². The number of halogens is 4. The predicted molar refractivity (Wildman–Crippen MR) is 481 cm³/mol. The fourth-order valence-electron chi connectivity index (χ4n) is 14.3. The Morgan fingerprint density at radius 3 is 1.13 bits per heavy atom. The molecule has 1 fully saturated rings. The molecule has 0 spiro atoms. The Morgan fingerprint density at radius 1 is 0.354 bits per heavy atom. The molecule has 0 amide bonds. The van der Waals surface area contributed by atoms with Gasteiger partial charge in [-0.05, 0) is 183 Å². The van der Waals surface area contributed by atoms with Crippen LogP contribution >= 0.6 is 46.4 Å². The van der Waals surface area contributed by atoms with Gasteiger partial charge >= 0.3 is 0 Å². The van der Waals surface area contributed by atoms with E-state index in [1.54, 1.807) is 73.7 Å². The fourth-order valence-corrected chi connectivity index (χ4v) is 19.3. The van der Waals surface area contributed by atoms with E-state index in [0.717, 1.165) is 30.3 Å². The molecule has 0 radical (unpaired) electrons. The second-order valence-corrected chi connectivity index (χ2v) is 38.2. The summed E-state index contributed by atoms with van der Waals surface area (Å²) in [6, 6.07) is 38.9. The van der Waals surface area contributed by atoms with Crippen molar-refractivity contribution in [2.24, 2.45) is 30.7 Å². The maximum Gasteiger partial charge on any atom is 0.297 e. The highest BCUT2D eigenvalue weighted by molar-refractivity contribution is 7.87. The zero-order valence-corrected chi connectivity index (χ0v) is 74.2. The van der Waals surface area contributed by atoms with E-state index in [2.05, 4.69) is 102 Å². The van der Waals surface area contributed by atoms with Gasteiger partial charge in [0.15, 0.2) is 17.2 Å². The third-order valence-corrected chi connectivity index (χ3v) is 25.9. The lowest BCUT2D eigenvalue weighted by Gasteiger charge is -2.34. The van der Waals surface area contributed by atoms with Crippen LogP contribution in [0, 0.1) is 20.8 Å². The molecule has 3 aromatic heterocycles. The molecule has 1 aliphatic rings. The number of aryl methyl sites for hydroxylation is 3. The monoisotopic (exact) mass is 1960 g/mol. The number of nitrogens with one attached hydrogen (secondary N) is 4. The van der Waals surface area contributed by atoms with E-state index in [1.165, 1.54) is 80.6 Å². The molecule has 0 atom stereocenters. The zero-order chi connectivity index (χ0) is 93.2. The number of fused-ring (bicyclic) bond motifs is 6. The van der Waals surface area contributed by atoms with Crippen LogP contribution < -0.4 is 26.2 Å². The Labute approximate surface area is 755 Å². The summed E-state index contributed by atoms with van der Waals surface area (Å²) in [5, 5.41) is 72.0. The molecule has 130 heavy (non-hydrogen) atoms. The van der Waals surface area contributed by atoms with Gasteiger partial charge in [-0.1, -0.05) is 97.1 Å². The van der Waals surface area contributed by atoms with Gasteiger partial charge in [-0.15, -0.1) is 30.7 Å². The normalized spacial score (nSPS) is 13.4. The molecular weight excluding hydrogens is 1900 g/mol. The molecule has 1 saturated heterocycles. The highest BCUT2D eigenvalue weighted by Crippen LogP contribution is 2.50. The molecular formula is C78H61Cl4N21O21S6. The van der Waals surface area contributed by atoms with Crippen LogP contribution in [-0.2, 0) is 60.7 Å². The summed E-state index contributed by atoms with van der Waals surface area (Å²) in [6.45, 7) is 7.17. The number of anilines is 8. The number of hydrogen-bond donors (Lipinski definition) is 13. The lowest BCUT2D eigenvalue weighted by Crippen LogP contribution is -2.48. The van der Waals surface area contributed by atoms with E-state index >= 15 is 0 Å². The van der Waals surface area contributed by atoms with Gasteiger partial charge in [-0.2, -0.15) is 95.4 Å². The fraction of sp³-hybridized carbons (Fsp3) is 0.115. The number of azo groups is 3. The van der Waals surface area contributed by atoms with Crippen LogP contribution in [0.25, 0.3) is 64.6 Å². The third-order valence-electron chi connectivity index (χ3n) is 19.9. The molecule has 668 valence electrons. The lowest BCUT2D eigenvalue weighted by molar-refractivity contribution is 0.266. The predicted octanol–water partition coefficient (Wildman–Crippen LogP) is 16.7. The second kappa shape index (κ2) is 35.8. The van der Waals surface area contributed by atoms with Gasteiger partial charge in [0.25, 0.3) is 60.7 Å². The average Bonchev–Trinajstić information content (AvgIpc) is 0.762. The number of aromatic nitrogens is 9. The van der Waals surface area contributed by atoms with Crippen LogP contribution in [-0.4, -0.2) is 182 Å². The van der Waals surface area contributed by atoms with Gasteiger partial charge in [0.1, 0.15) is 53.7 Å². The average molecular weight is 1960 g/mol. The van der Waals surface area contributed by atoms with Gasteiger partial charge in [-0.25, -0.2) is 0 Å². The number of nitrogens with zero attached hydrogens (tertiary/aromatic N) is 17. The maximum atomic E-state index is 12.8. The Kier molecular flexibility index (Phi) is 25.3. The molecule has 13 N–H and O–H groups in total. The van der Waals surface area contributed by atoms with E-state index in [1.807, 2.05) is 4.90 Å². The molecule has 0 unspecified atom stereocenters. The Hall–Kier alpha value is -13.0. The highest BCUT2D eigenvalue weighted by Gasteiger charge is 2.31. The van der Waals surface area contributed by atoms with Crippen LogP contribution in [0.4, 0.5) is 80.9 Å². The zero-order valence-electron chi connectivity index (χ0n) is 66.3. The largest absolute Gasteiger partial charge is 0.505 e. The SMILES string of the molecule is Cc1cc(Nc2nc(Cl)nc(NCCN3CCN(c4nc(Cl)nc(Nc5cc(S(=O)(=O)O)cc6cc(C)c(N=Nc7ccc8ccccc8c7S(=O)(=O)O)c(O)c56)n4)CC3)n2)c2c(O)c(N=Nc3ccc4ccccc4c3S(=O)(=O)O)c(S(=O)(=O)O)cc2c1.Cc1cc2cc(S(=O)(=O)O)cc(Nc3nc(Cl)nc(Cl)n3)c2c(O)c1N=Nc1ccc2ccccc2c1S(=O)(=O)O. The molecule has 16 rings (SSSR count). The first-order valence-electron chi connectivity index (χ1n) is 37.3. The van der Waals surface area contributed by atoms with Crippen LogP contribution in [0.3, 0.4) is 0 Å². The minimum absolute atomic E-state index is 0.0121. The maximum absolute atomic E-state index is 12.8. The van der Waals surface area contributed by atoms with Gasteiger partial charge in [0.2, 0.25) is 50.9 Å². The summed E-state index contributed by atoms with van der Waals surface area (Å²) in [6.07, 6.45) is 0. The summed E-state index contributed by atoms with van der Waals surface area (Å²) in [5.41, 5.74) is -0.893. The summed E-state index contributed by atoms with van der Waals surface area (Å²) in [5.74, 6) is -2.20. The molecule has 0 bridgehead atoms. The van der Waals surface area contributed by atoms with Crippen LogP contribution in [0.1, 0.15) is 16.7 Å². The Bertz CT molecular complexity index is 8130. The molecule has 42 nitrogen and oxygen atoms in total. The second-order valence-electron chi connectivity index (χ2n) is 28.6. The van der Waals surface area contributed by atoms with E-state index in [4.69, 9.17) is 46.4 Å². The van der Waals surface area contributed by atoms with Crippen molar-refractivity contribution in [3.63, 3.8) is 0 Å². The minimum Gasteiger partial charge on any atom is -0.505 e. The van der Waals surface area contributed by atoms with Crippen molar-refractivity contribution in [3.05, 3.63) is 202 Å². The Balaban J connectivity index is 0.000000263. The number of aromatic hydroxyl groups is 3. The Morgan fingerprint density at radius 2 is 0.715 bits per heavy atom. The van der Waals surface area contributed by atoms with Crippen LogP contribution in [0.15, 0.2) is 224 Å². The first kappa shape index (κ1) is 91.7. The number of phenols is 3. The first-order chi connectivity index (χ1) is 61.3.